The third-order valence-electron chi connectivity index (χ3n) is 2.86. The van der Waals surface area contributed by atoms with Crippen molar-refractivity contribution in [2.75, 3.05) is 0 Å². The van der Waals surface area contributed by atoms with E-state index in [1.807, 2.05) is 30.3 Å². The molecular weight excluding hydrogens is 236 g/mol. The predicted octanol–water partition coefficient (Wildman–Crippen LogP) is 2.38. The van der Waals surface area contributed by atoms with Crippen molar-refractivity contribution < 1.29 is 4.79 Å². The van der Waals surface area contributed by atoms with Crippen LogP contribution in [0.4, 0.5) is 0 Å². The fourth-order valence-corrected chi connectivity index (χ4v) is 1.93. The van der Waals surface area contributed by atoms with E-state index in [4.69, 9.17) is 11.6 Å². The summed E-state index contributed by atoms with van der Waals surface area (Å²) in [4.78, 5) is 11.1. The number of carbonyl (C=O) groups is 1. The number of hydrogen-bond acceptors (Lipinski definition) is 2. The summed E-state index contributed by atoms with van der Waals surface area (Å²) >= 11 is 5.82. The zero-order valence-corrected chi connectivity index (χ0v) is 10.4. The highest BCUT2D eigenvalue weighted by Crippen LogP contribution is 2.15. The normalized spacial score (nSPS) is 24.9. The third kappa shape index (κ3) is 3.32. The van der Waals surface area contributed by atoms with Gasteiger partial charge in [-0.15, -0.1) is 0 Å². The molecule has 1 aliphatic rings. The van der Waals surface area contributed by atoms with Crippen LogP contribution in [0.2, 0.25) is 5.02 Å². The van der Waals surface area contributed by atoms with Gasteiger partial charge in [-0.25, -0.2) is 5.43 Å². The van der Waals surface area contributed by atoms with Crippen LogP contribution in [0.25, 0.3) is 6.08 Å². The second-order valence-corrected chi connectivity index (χ2v) is 4.75. The smallest absolute Gasteiger partial charge is 0.234 e. The molecule has 1 aromatic carbocycles. The van der Waals surface area contributed by atoms with Gasteiger partial charge in [0.15, 0.2) is 0 Å². The Morgan fingerprint density at radius 3 is 2.71 bits per heavy atom. The number of hydrazine groups is 1. The topological polar surface area (TPSA) is 41.1 Å². The van der Waals surface area contributed by atoms with Gasteiger partial charge in [0.1, 0.15) is 0 Å². The Kier molecular flexibility index (Phi) is 3.82. The maximum Gasteiger partial charge on any atom is 0.234 e. The van der Waals surface area contributed by atoms with Crippen LogP contribution >= 0.6 is 11.6 Å². The SMILES string of the molecule is CC1CC(=O)NNC1/C=C/c1ccc(Cl)cc1. The van der Waals surface area contributed by atoms with Crippen LogP contribution in [0, 0.1) is 5.92 Å². The Morgan fingerprint density at radius 1 is 1.35 bits per heavy atom. The molecule has 1 heterocycles. The van der Waals surface area contributed by atoms with Gasteiger partial charge in [-0.2, -0.15) is 0 Å². The number of rotatable bonds is 2. The fourth-order valence-electron chi connectivity index (χ4n) is 1.80. The minimum Gasteiger partial charge on any atom is -0.291 e. The molecular formula is C13H15ClN2O. The second-order valence-electron chi connectivity index (χ2n) is 4.31. The number of amides is 1. The van der Waals surface area contributed by atoms with E-state index in [0.29, 0.717) is 12.3 Å². The van der Waals surface area contributed by atoms with E-state index in [9.17, 15) is 4.79 Å². The molecule has 0 radical (unpaired) electrons. The monoisotopic (exact) mass is 250 g/mol. The summed E-state index contributed by atoms with van der Waals surface area (Å²) in [5.74, 6) is 0.348. The molecule has 2 N–H and O–H groups in total. The van der Waals surface area contributed by atoms with Gasteiger partial charge in [0.2, 0.25) is 5.91 Å². The van der Waals surface area contributed by atoms with Crippen molar-refractivity contribution in [3.05, 3.63) is 40.9 Å². The Bertz CT molecular complexity index is 428. The average Bonchev–Trinajstić information content (AvgIpc) is 2.30. The van der Waals surface area contributed by atoms with Gasteiger partial charge in [0.25, 0.3) is 0 Å². The van der Waals surface area contributed by atoms with E-state index in [1.54, 1.807) is 0 Å². The number of hydrogen-bond donors (Lipinski definition) is 2. The molecule has 3 nitrogen and oxygen atoms in total. The van der Waals surface area contributed by atoms with Crippen molar-refractivity contribution in [2.24, 2.45) is 5.92 Å². The zero-order chi connectivity index (χ0) is 12.3. The third-order valence-corrected chi connectivity index (χ3v) is 3.12. The van der Waals surface area contributed by atoms with Crippen molar-refractivity contribution in [1.29, 1.82) is 0 Å². The number of nitrogens with one attached hydrogen (secondary N) is 2. The Hall–Kier alpha value is -1.32. The van der Waals surface area contributed by atoms with Gasteiger partial charge in [0.05, 0.1) is 0 Å². The van der Waals surface area contributed by atoms with Crippen LogP contribution in [-0.4, -0.2) is 11.9 Å². The van der Waals surface area contributed by atoms with E-state index < -0.39 is 0 Å². The van der Waals surface area contributed by atoms with Crippen molar-refractivity contribution in [3.63, 3.8) is 0 Å². The maximum absolute atomic E-state index is 11.1. The second kappa shape index (κ2) is 5.34. The molecule has 0 aromatic heterocycles. The molecule has 1 saturated heterocycles. The standard InChI is InChI=1S/C13H15ClN2O/c1-9-8-13(17)16-15-12(9)7-4-10-2-5-11(14)6-3-10/h2-7,9,12,15H,8H2,1H3,(H,16,17)/b7-4+. The molecule has 1 fully saturated rings. The van der Waals surface area contributed by atoms with Crippen LogP contribution in [0.3, 0.4) is 0 Å². The summed E-state index contributed by atoms with van der Waals surface area (Å²) in [6.07, 6.45) is 4.65. The molecule has 0 aliphatic carbocycles. The molecule has 1 aliphatic heterocycles. The number of halogens is 1. The van der Waals surface area contributed by atoms with E-state index in [1.165, 1.54) is 0 Å². The van der Waals surface area contributed by atoms with Crippen molar-refractivity contribution in [2.45, 2.75) is 19.4 Å². The van der Waals surface area contributed by atoms with Crippen LogP contribution < -0.4 is 10.9 Å². The molecule has 2 rings (SSSR count). The molecule has 17 heavy (non-hydrogen) atoms. The van der Waals surface area contributed by atoms with E-state index in [0.717, 1.165) is 10.6 Å². The summed E-state index contributed by atoms with van der Waals surface area (Å²) < 4.78 is 0. The first-order valence-electron chi connectivity index (χ1n) is 5.63. The first-order valence-corrected chi connectivity index (χ1v) is 6.01. The Morgan fingerprint density at radius 2 is 2.06 bits per heavy atom. The van der Waals surface area contributed by atoms with Crippen LogP contribution in [0.5, 0.6) is 0 Å². The van der Waals surface area contributed by atoms with Gasteiger partial charge < -0.3 is 0 Å². The predicted molar refractivity (Wildman–Crippen MR) is 69.3 cm³/mol. The van der Waals surface area contributed by atoms with Crippen molar-refractivity contribution >= 4 is 23.6 Å². The summed E-state index contributed by atoms with van der Waals surface area (Å²) in [6.45, 7) is 2.06. The lowest BCUT2D eigenvalue weighted by Crippen LogP contribution is -2.52. The van der Waals surface area contributed by atoms with Gasteiger partial charge >= 0.3 is 0 Å². The van der Waals surface area contributed by atoms with E-state index in [2.05, 4.69) is 23.9 Å². The highest BCUT2D eigenvalue weighted by Gasteiger charge is 2.22. The van der Waals surface area contributed by atoms with Crippen molar-refractivity contribution in [3.8, 4) is 0 Å². The summed E-state index contributed by atoms with van der Waals surface area (Å²) in [5.41, 5.74) is 6.73. The van der Waals surface area contributed by atoms with Crippen LogP contribution in [0.15, 0.2) is 30.3 Å². The quantitative estimate of drug-likeness (QED) is 0.846. The molecule has 1 amide bonds. The molecule has 4 heteroatoms. The zero-order valence-electron chi connectivity index (χ0n) is 9.61. The molecule has 0 saturated carbocycles. The van der Waals surface area contributed by atoms with Crippen LogP contribution in [-0.2, 0) is 4.79 Å². The van der Waals surface area contributed by atoms with Gasteiger partial charge in [-0.3, -0.25) is 10.2 Å². The summed E-state index contributed by atoms with van der Waals surface area (Å²) in [7, 11) is 0. The summed E-state index contributed by atoms with van der Waals surface area (Å²) in [6, 6.07) is 7.82. The summed E-state index contributed by atoms with van der Waals surface area (Å²) in [5, 5.41) is 0.735. The minimum atomic E-state index is 0.0497. The highest BCUT2D eigenvalue weighted by molar-refractivity contribution is 6.30. The number of benzene rings is 1. The number of carbonyl (C=O) groups excluding carboxylic acids is 1. The largest absolute Gasteiger partial charge is 0.291 e. The van der Waals surface area contributed by atoms with Gasteiger partial charge in [-0.1, -0.05) is 42.8 Å². The van der Waals surface area contributed by atoms with Crippen LogP contribution in [0.1, 0.15) is 18.9 Å². The lowest BCUT2D eigenvalue weighted by Gasteiger charge is -2.27. The van der Waals surface area contributed by atoms with Gasteiger partial charge in [-0.05, 0) is 23.6 Å². The molecule has 0 bridgehead atoms. The first kappa shape index (κ1) is 12.1. The fraction of sp³-hybridized carbons (Fsp3) is 0.308. The highest BCUT2D eigenvalue weighted by atomic mass is 35.5. The lowest BCUT2D eigenvalue weighted by atomic mass is 9.96. The molecule has 2 unspecified atom stereocenters. The Labute approximate surface area is 106 Å². The minimum absolute atomic E-state index is 0.0497. The Balaban J connectivity index is 2.00. The first-order chi connectivity index (χ1) is 8.15. The molecule has 0 spiro atoms. The maximum atomic E-state index is 11.1. The van der Waals surface area contributed by atoms with Crippen molar-refractivity contribution in [1.82, 2.24) is 10.9 Å². The lowest BCUT2D eigenvalue weighted by molar-refractivity contribution is -0.125. The van der Waals surface area contributed by atoms with Gasteiger partial charge in [0, 0.05) is 17.5 Å². The average molecular weight is 251 g/mol. The van der Waals surface area contributed by atoms with E-state index in [-0.39, 0.29) is 11.9 Å². The molecule has 2 atom stereocenters. The molecule has 1 aromatic rings. The molecule has 90 valence electrons. The van der Waals surface area contributed by atoms with E-state index >= 15 is 0 Å².